The first-order valence-corrected chi connectivity index (χ1v) is 8.07. The van der Waals surface area contributed by atoms with Gasteiger partial charge in [-0.05, 0) is 43.3 Å². The molecule has 0 saturated carbocycles. The van der Waals surface area contributed by atoms with E-state index in [1.54, 1.807) is 12.4 Å². The van der Waals surface area contributed by atoms with Crippen LogP contribution in [0.1, 0.15) is 28.3 Å². The summed E-state index contributed by atoms with van der Waals surface area (Å²) >= 11 is 1.91. The fourth-order valence-electron chi connectivity index (χ4n) is 2.51. The molecule has 21 heavy (non-hydrogen) atoms. The summed E-state index contributed by atoms with van der Waals surface area (Å²) in [6.07, 6.45) is 5.59. The lowest BCUT2D eigenvalue weighted by molar-refractivity contribution is 0.597. The molecular weight excluding hydrogens is 278 g/mol. The van der Waals surface area contributed by atoms with Crippen LogP contribution in [0.4, 0.5) is 0 Å². The number of nitrogens with one attached hydrogen (secondary N) is 1. The zero-order valence-electron chi connectivity index (χ0n) is 12.3. The van der Waals surface area contributed by atoms with Crippen LogP contribution in [0.25, 0.3) is 11.0 Å². The van der Waals surface area contributed by atoms with E-state index in [0.717, 1.165) is 23.9 Å². The Morgan fingerprint density at radius 2 is 1.81 bits per heavy atom. The Morgan fingerprint density at radius 3 is 2.52 bits per heavy atom. The molecule has 0 aliphatic carbocycles. The molecule has 0 saturated heterocycles. The molecule has 1 aromatic carbocycles. The summed E-state index contributed by atoms with van der Waals surface area (Å²) in [4.78, 5) is 11.6. The van der Waals surface area contributed by atoms with Gasteiger partial charge in [0.1, 0.15) is 0 Å². The molecule has 2 heterocycles. The van der Waals surface area contributed by atoms with Gasteiger partial charge in [-0.15, -0.1) is 11.3 Å². The number of thiophene rings is 1. The van der Waals surface area contributed by atoms with Gasteiger partial charge in [0, 0.05) is 34.6 Å². The summed E-state index contributed by atoms with van der Waals surface area (Å²) < 4.78 is 0. The molecule has 0 spiro atoms. The van der Waals surface area contributed by atoms with Crippen molar-refractivity contribution in [2.45, 2.75) is 25.8 Å². The third-order valence-electron chi connectivity index (χ3n) is 3.72. The van der Waals surface area contributed by atoms with Crippen molar-refractivity contribution < 1.29 is 0 Å². The predicted molar refractivity (Wildman–Crippen MR) is 88.7 cm³/mol. The van der Waals surface area contributed by atoms with E-state index in [1.165, 1.54) is 15.3 Å². The van der Waals surface area contributed by atoms with Gasteiger partial charge in [0.15, 0.2) is 0 Å². The second-order valence-electron chi connectivity index (χ2n) is 5.07. The minimum atomic E-state index is 0.305. The van der Waals surface area contributed by atoms with Gasteiger partial charge < -0.3 is 5.32 Å². The molecule has 4 heteroatoms. The molecule has 0 aliphatic heterocycles. The van der Waals surface area contributed by atoms with Crippen molar-refractivity contribution in [1.29, 1.82) is 0 Å². The highest BCUT2D eigenvalue weighted by molar-refractivity contribution is 7.11. The minimum absolute atomic E-state index is 0.305. The van der Waals surface area contributed by atoms with Crippen molar-refractivity contribution in [3.8, 4) is 0 Å². The normalized spacial score (nSPS) is 12.7. The van der Waals surface area contributed by atoms with Gasteiger partial charge in [-0.1, -0.05) is 13.0 Å². The van der Waals surface area contributed by atoms with E-state index in [-0.39, 0.29) is 0 Å². The van der Waals surface area contributed by atoms with Gasteiger partial charge in [0.05, 0.1) is 11.0 Å². The molecule has 0 amide bonds. The first kappa shape index (κ1) is 14.2. The summed E-state index contributed by atoms with van der Waals surface area (Å²) in [6, 6.07) is 11.1. The van der Waals surface area contributed by atoms with Crippen LogP contribution in [0.5, 0.6) is 0 Å². The average Bonchev–Trinajstić information content (AvgIpc) is 3.00. The molecule has 3 aromatic rings. The molecule has 0 radical (unpaired) electrons. The number of benzene rings is 1. The van der Waals surface area contributed by atoms with Crippen molar-refractivity contribution in [3.63, 3.8) is 0 Å². The molecule has 1 N–H and O–H groups in total. The van der Waals surface area contributed by atoms with E-state index in [4.69, 9.17) is 0 Å². The van der Waals surface area contributed by atoms with Crippen LogP contribution in [0.15, 0.2) is 42.7 Å². The van der Waals surface area contributed by atoms with Crippen LogP contribution in [0, 0.1) is 0 Å². The number of fused-ring (bicyclic) bond motifs is 1. The topological polar surface area (TPSA) is 37.8 Å². The van der Waals surface area contributed by atoms with E-state index in [2.05, 4.69) is 46.5 Å². The SMILES string of the molecule is CCc1ccc(CC(NC)c2ccc3nccnc3c2)s1. The third kappa shape index (κ3) is 3.12. The molecule has 1 atom stereocenters. The fourth-order valence-corrected chi connectivity index (χ4v) is 3.51. The third-order valence-corrected chi connectivity index (χ3v) is 4.97. The van der Waals surface area contributed by atoms with Gasteiger partial charge in [-0.25, -0.2) is 0 Å². The summed E-state index contributed by atoms with van der Waals surface area (Å²) in [7, 11) is 2.01. The number of likely N-dealkylation sites (N-methyl/N-ethyl adjacent to an activating group) is 1. The molecule has 3 nitrogen and oxygen atoms in total. The zero-order valence-corrected chi connectivity index (χ0v) is 13.2. The Labute approximate surface area is 129 Å². The maximum absolute atomic E-state index is 4.40. The molecule has 3 rings (SSSR count). The minimum Gasteiger partial charge on any atom is -0.313 e. The first-order valence-electron chi connectivity index (χ1n) is 7.25. The van der Waals surface area contributed by atoms with Crippen LogP contribution in [0.3, 0.4) is 0 Å². The number of rotatable bonds is 5. The second kappa shape index (κ2) is 6.33. The molecular formula is C17H19N3S. The molecule has 2 aromatic heterocycles. The van der Waals surface area contributed by atoms with Crippen LogP contribution < -0.4 is 5.32 Å². The van der Waals surface area contributed by atoms with E-state index in [9.17, 15) is 0 Å². The highest BCUT2D eigenvalue weighted by atomic mass is 32.1. The van der Waals surface area contributed by atoms with Crippen LogP contribution >= 0.6 is 11.3 Å². The smallest absolute Gasteiger partial charge is 0.0890 e. The molecule has 0 aliphatic rings. The molecule has 108 valence electrons. The monoisotopic (exact) mass is 297 g/mol. The number of nitrogens with zero attached hydrogens (tertiary/aromatic N) is 2. The van der Waals surface area contributed by atoms with Gasteiger partial charge in [-0.2, -0.15) is 0 Å². The van der Waals surface area contributed by atoms with Gasteiger partial charge >= 0.3 is 0 Å². The fraction of sp³-hybridized carbons (Fsp3) is 0.294. The van der Waals surface area contributed by atoms with Crippen LogP contribution in [0.2, 0.25) is 0 Å². The summed E-state index contributed by atoms with van der Waals surface area (Å²) in [5.74, 6) is 0. The number of hydrogen-bond acceptors (Lipinski definition) is 4. The number of aryl methyl sites for hydroxylation is 1. The predicted octanol–water partition coefficient (Wildman–Crippen LogP) is 3.76. The summed E-state index contributed by atoms with van der Waals surface area (Å²) in [5.41, 5.74) is 3.16. The highest BCUT2D eigenvalue weighted by Gasteiger charge is 2.12. The summed E-state index contributed by atoms with van der Waals surface area (Å²) in [5, 5.41) is 3.42. The van der Waals surface area contributed by atoms with E-state index in [0.29, 0.717) is 6.04 Å². The Morgan fingerprint density at radius 1 is 1.05 bits per heavy atom. The standard InChI is InChI=1S/C17H19N3S/c1-3-13-5-6-14(21-13)11-16(18-2)12-4-7-15-17(10-12)20-9-8-19-15/h4-10,16,18H,3,11H2,1-2H3. The van der Waals surface area contributed by atoms with Crippen LogP contribution in [-0.2, 0) is 12.8 Å². The molecule has 0 fully saturated rings. The van der Waals surface area contributed by atoms with E-state index >= 15 is 0 Å². The van der Waals surface area contributed by atoms with Crippen LogP contribution in [-0.4, -0.2) is 17.0 Å². The van der Waals surface area contributed by atoms with Gasteiger partial charge in [0.25, 0.3) is 0 Å². The highest BCUT2D eigenvalue weighted by Crippen LogP contribution is 2.25. The lowest BCUT2D eigenvalue weighted by Gasteiger charge is -2.16. The zero-order chi connectivity index (χ0) is 14.7. The Bertz CT molecular complexity index is 735. The lowest BCUT2D eigenvalue weighted by Crippen LogP contribution is -2.18. The van der Waals surface area contributed by atoms with Gasteiger partial charge in [0.2, 0.25) is 0 Å². The largest absolute Gasteiger partial charge is 0.313 e. The van der Waals surface area contributed by atoms with Crippen molar-refractivity contribution in [3.05, 3.63) is 58.0 Å². The van der Waals surface area contributed by atoms with Crippen molar-refractivity contribution in [1.82, 2.24) is 15.3 Å². The maximum atomic E-state index is 4.40. The molecule has 1 unspecified atom stereocenters. The van der Waals surface area contributed by atoms with Crippen molar-refractivity contribution in [2.24, 2.45) is 0 Å². The first-order chi connectivity index (χ1) is 10.3. The Hall–Kier alpha value is -1.78. The quantitative estimate of drug-likeness (QED) is 0.779. The summed E-state index contributed by atoms with van der Waals surface area (Å²) in [6.45, 7) is 2.20. The Kier molecular flexibility index (Phi) is 4.27. The Balaban J connectivity index is 1.86. The van der Waals surface area contributed by atoms with E-state index in [1.807, 2.05) is 24.5 Å². The number of hydrogen-bond donors (Lipinski definition) is 1. The second-order valence-corrected chi connectivity index (χ2v) is 6.32. The van der Waals surface area contributed by atoms with Gasteiger partial charge in [-0.3, -0.25) is 9.97 Å². The average molecular weight is 297 g/mol. The lowest BCUT2D eigenvalue weighted by atomic mass is 10.0. The van der Waals surface area contributed by atoms with E-state index < -0.39 is 0 Å². The molecule has 0 bridgehead atoms. The number of aromatic nitrogens is 2. The maximum Gasteiger partial charge on any atom is 0.0890 e. The van der Waals surface area contributed by atoms with Crippen molar-refractivity contribution >= 4 is 22.4 Å². The van der Waals surface area contributed by atoms with Crippen molar-refractivity contribution in [2.75, 3.05) is 7.05 Å².